The van der Waals surface area contributed by atoms with Gasteiger partial charge in [0.15, 0.2) is 0 Å². The standard InChI is InChI=1S/C14H14BClO3/c1-10-13(8-7-12(14(10)16)15(17)18)19-9-11-5-3-2-4-6-11/h2-8,17-18H,9H2,1H3. The second-order valence-corrected chi connectivity index (χ2v) is 4.62. The number of ether oxygens (including phenoxy) is 1. The predicted octanol–water partition coefficient (Wildman–Crippen LogP) is 1.91. The highest BCUT2D eigenvalue weighted by molar-refractivity contribution is 6.62. The van der Waals surface area contributed by atoms with Crippen LogP contribution in [0.2, 0.25) is 5.02 Å². The van der Waals surface area contributed by atoms with Gasteiger partial charge in [0.1, 0.15) is 12.4 Å². The Balaban J connectivity index is 2.16. The van der Waals surface area contributed by atoms with Crippen molar-refractivity contribution < 1.29 is 14.8 Å². The lowest BCUT2D eigenvalue weighted by molar-refractivity contribution is 0.304. The van der Waals surface area contributed by atoms with E-state index in [9.17, 15) is 0 Å². The van der Waals surface area contributed by atoms with Crippen LogP contribution in [0.4, 0.5) is 0 Å². The van der Waals surface area contributed by atoms with Crippen molar-refractivity contribution in [3.63, 3.8) is 0 Å². The van der Waals surface area contributed by atoms with E-state index in [1.165, 1.54) is 0 Å². The van der Waals surface area contributed by atoms with Gasteiger partial charge < -0.3 is 14.8 Å². The Morgan fingerprint density at radius 2 is 1.79 bits per heavy atom. The van der Waals surface area contributed by atoms with Gasteiger partial charge in [0.05, 0.1) is 0 Å². The Hall–Kier alpha value is -1.49. The van der Waals surface area contributed by atoms with Gasteiger partial charge in [-0.3, -0.25) is 0 Å². The third-order valence-electron chi connectivity index (χ3n) is 2.88. The summed E-state index contributed by atoms with van der Waals surface area (Å²) < 4.78 is 5.69. The average Bonchev–Trinajstić information content (AvgIpc) is 2.41. The second-order valence-electron chi connectivity index (χ2n) is 4.24. The monoisotopic (exact) mass is 276 g/mol. The Kier molecular flexibility index (Phi) is 4.48. The molecule has 0 fully saturated rings. The van der Waals surface area contributed by atoms with Gasteiger partial charge in [-0.15, -0.1) is 0 Å². The van der Waals surface area contributed by atoms with Crippen molar-refractivity contribution in [2.45, 2.75) is 13.5 Å². The molecule has 19 heavy (non-hydrogen) atoms. The summed E-state index contributed by atoms with van der Waals surface area (Å²) in [6.07, 6.45) is 0. The Labute approximate surface area is 117 Å². The molecule has 0 saturated heterocycles. The number of benzene rings is 2. The number of rotatable bonds is 4. The molecular weight excluding hydrogens is 262 g/mol. The summed E-state index contributed by atoms with van der Waals surface area (Å²) in [6.45, 7) is 2.23. The maximum absolute atomic E-state index is 9.16. The van der Waals surface area contributed by atoms with E-state index in [4.69, 9.17) is 26.4 Å². The molecule has 0 spiro atoms. The van der Waals surface area contributed by atoms with Crippen LogP contribution in [0, 0.1) is 6.92 Å². The first-order valence-electron chi connectivity index (χ1n) is 5.91. The van der Waals surface area contributed by atoms with E-state index < -0.39 is 7.12 Å². The summed E-state index contributed by atoms with van der Waals surface area (Å²) in [7, 11) is -1.57. The van der Waals surface area contributed by atoms with Crippen LogP contribution in [0.25, 0.3) is 0 Å². The third-order valence-corrected chi connectivity index (χ3v) is 3.38. The molecule has 0 bridgehead atoms. The second kappa shape index (κ2) is 6.11. The Morgan fingerprint density at radius 3 is 2.42 bits per heavy atom. The average molecular weight is 277 g/mol. The molecule has 0 radical (unpaired) electrons. The van der Waals surface area contributed by atoms with Crippen molar-refractivity contribution in [1.82, 2.24) is 0 Å². The highest BCUT2D eigenvalue weighted by Gasteiger charge is 2.18. The molecule has 2 aromatic carbocycles. The summed E-state index contributed by atoms with van der Waals surface area (Å²) in [5.41, 5.74) is 2.04. The van der Waals surface area contributed by atoms with Crippen molar-refractivity contribution in [2.75, 3.05) is 0 Å². The van der Waals surface area contributed by atoms with Crippen LogP contribution in [-0.2, 0) is 6.61 Å². The quantitative estimate of drug-likeness (QED) is 0.839. The van der Waals surface area contributed by atoms with E-state index in [0.717, 1.165) is 5.56 Å². The lowest BCUT2D eigenvalue weighted by atomic mass is 9.79. The van der Waals surface area contributed by atoms with Crippen LogP contribution >= 0.6 is 11.6 Å². The molecule has 0 amide bonds. The maximum atomic E-state index is 9.16. The fourth-order valence-electron chi connectivity index (χ4n) is 1.78. The van der Waals surface area contributed by atoms with Crippen LogP contribution in [0.15, 0.2) is 42.5 Å². The fraction of sp³-hybridized carbons (Fsp3) is 0.143. The van der Waals surface area contributed by atoms with E-state index in [2.05, 4.69) is 0 Å². The molecule has 0 aliphatic carbocycles. The Bertz CT molecular complexity index is 558. The van der Waals surface area contributed by atoms with Crippen LogP contribution in [-0.4, -0.2) is 17.2 Å². The zero-order valence-electron chi connectivity index (χ0n) is 10.5. The molecule has 0 aliphatic rings. The highest BCUT2D eigenvalue weighted by atomic mass is 35.5. The number of hydrogen-bond acceptors (Lipinski definition) is 3. The topological polar surface area (TPSA) is 49.7 Å². The minimum absolute atomic E-state index is 0.284. The van der Waals surface area contributed by atoms with Gasteiger partial charge >= 0.3 is 7.12 Å². The highest BCUT2D eigenvalue weighted by Crippen LogP contribution is 2.24. The predicted molar refractivity (Wildman–Crippen MR) is 76.8 cm³/mol. The lowest BCUT2D eigenvalue weighted by Gasteiger charge is -2.13. The van der Waals surface area contributed by atoms with Gasteiger partial charge in [-0.1, -0.05) is 48.0 Å². The first kappa shape index (κ1) is 13.9. The van der Waals surface area contributed by atoms with Gasteiger partial charge in [0, 0.05) is 16.0 Å². The van der Waals surface area contributed by atoms with Crippen LogP contribution < -0.4 is 10.2 Å². The van der Waals surface area contributed by atoms with Gasteiger partial charge in [-0.05, 0) is 18.6 Å². The molecule has 0 aliphatic heterocycles. The molecule has 0 atom stereocenters. The molecule has 2 rings (SSSR count). The largest absolute Gasteiger partial charge is 0.489 e. The first-order chi connectivity index (χ1) is 9.09. The number of hydrogen-bond donors (Lipinski definition) is 2. The van der Waals surface area contributed by atoms with Gasteiger partial charge in [0.2, 0.25) is 0 Å². The zero-order chi connectivity index (χ0) is 13.8. The van der Waals surface area contributed by atoms with Crippen molar-refractivity contribution in [1.29, 1.82) is 0 Å². The van der Waals surface area contributed by atoms with Gasteiger partial charge in [-0.2, -0.15) is 0 Å². The van der Waals surface area contributed by atoms with Crippen LogP contribution in [0.3, 0.4) is 0 Å². The molecule has 0 heterocycles. The SMILES string of the molecule is Cc1c(OCc2ccccc2)ccc(B(O)O)c1Cl. The normalized spacial score (nSPS) is 10.3. The molecule has 3 nitrogen and oxygen atoms in total. The molecule has 0 aromatic heterocycles. The molecule has 2 aromatic rings. The maximum Gasteiger partial charge on any atom is 0.489 e. The number of halogens is 1. The van der Waals surface area contributed by atoms with Crippen molar-refractivity contribution in [3.05, 3.63) is 58.6 Å². The van der Waals surface area contributed by atoms with Gasteiger partial charge in [-0.25, -0.2) is 0 Å². The molecule has 98 valence electrons. The molecule has 5 heteroatoms. The third kappa shape index (κ3) is 3.29. The van der Waals surface area contributed by atoms with Crippen molar-refractivity contribution >= 4 is 24.2 Å². The van der Waals surface area contributed by atoms with Gasteiger partial charge in [0.25, 0.3) is 0 Å². The van der Waals surface area contributed by atoms with Crippen molar-refractivity contribution in [3.8, 4) is 5.75 Å². The fourth-order valence-corrected chi connectivity index (χ4v) is 2.03. The molecule has 2 N–H and O–H groups in total. The first-order valence-corrected chi connectivity index (χ1v) is 6.29. The van der Waals surface area contributed by atoms with E-state index in [1.807, 2.05) is 30.3 Å². The van der Waals surface area contributed by atoms with Crippen LogP contribution in [0.5, 0.6) is 5.75 Å². The van der Waals surface area contributed by atoms with E-state index in [1.54, 1.807) is 19.1 Å². The minimum Gasteiger partial charge on any atom is -0.489 e. The Morgan fingerprint density at radius 1 is 1.11 bits per heavy atom. The smallest absolute Gasteiger partial charge is 0.489 e. The zero-order valence-corrected chi connectivity index (χ0v) is 11.3. The lowest BCUT2D eigenvalue weighted by Crippen LogP contribution is -2.31. The summed E-state index contributed by atoms with van der Waals surface area (Å²) in [5.74, 6) is 0.637. The molecule has 0 unspecified atom stereocenters. The summed E-state index contributed by atoms with van der Waals surface area (Å²) in [4.78, 5) is 0. The summed E-state index contributed by atoms with van der Waals surface area (Å²) in [6, 6.07) is 13.0. The van der Waals surface area contributed by atoms with E-state index in [0.29, 0.717) is 22.9 Å². The van der Waals surface area contributed by atoms with Crippen molar-refractivity contribution in [2.24, 2.45) is 0 Å². The molecular formula is C14H14BClO3. The summed E-state index contributed by atoms with van der Waals surface area (Å²) in [5, 5.41) is 18.6. The van der Waals surface area contributed by atoms with E-state index >= 15 is 0 Å². The molecule has 0 saturated carbocycles. The summed E-state index contributed by atoms with van der Waals surface area (Å²) >= 11 is 6.08. The minimum atomic E-state index is -1.57. The van der Waals surface area contributed by atoms with Crippen LogP contribution in [0.1, 0.15) is 11.1 Å². The van der Waals surface area contributed by atoms with E-state index in [-0.39, 0.29) is 5.46 Å².